The molecular formula is C16H16N2O2. The predicted molar refractivity (Wildman–Crippen MR) is 79.5 cm³/mol. The van der Waals surface area contributed by atoms with Crippen LogP contribution in [0.25, 0.3) is 0 Å². The molecule has 102 valence electrons. The molecule has 4 nitrogen and oxygen atoms in total. The molecule has 1 aliphatic heterocycles. The van der Waals surface area contributed by atoms with Gasteiger partial charge in [-0.3, -0.25) is 4.90 Å². The fourth-order valence-electron chi connectivity index (χ4n) is 2.48. The molecule has 0 bridgehead atoms. The zero-order valence-corrected chi connectivity index (χ0v) is 11.3. The van der Waals surface area contributed by atoms with Crippen LogP contribution in [0.3, 0.4) is 0 Å². The van der Waals surface area contributed by atoms with E-state index in [4.69, 9.17) is 4.74 Å². The molecule has 0 fully saturated rings. The van der Waals surface area contributed by atoms with Crippen LogP contribution in [-0.2, 0) is 6.42 Å². The number of anilines is 2. The third-order valence-electron chi connectivity index (χ3n) is 3.48. The molecule has 1 heterocycles. The number of carbonyl (C=O) groups is 1. The van der Waals surface area contributed by atoms with E-state index in [0.717, 1.165) is 12.1 Å². The molecule has 20 heavy (non-hydrogen) atoms. The zero-order valence-electron chi connectivity index (χ0n) is 11.3. The van der Waals surface area contributed by atoms with E-state index < -0.39 is 0 Å². The number of carbonyl (C=O) groups excluding carboxylic acids is 1. The van der Waals surface area contributed by atoms with E-state index >= 15 is 0 Å². The first-order valence-electron chi connectivity index (χ1n) is 6.59. The highest BCUT2D eigenvalue weighted by atomic mass is 16.5. The Morgan fingerprint density at radius 3 is 2.75 bits per heavy atom. The monoisotopic (exact) mass is 268 g/mol. The van der Waals surface area contributed by atoms with Gasteiger partial charge in [0.15, 0.2) is 0 Å². The smallest absolute Gasteiger partial charge is 0.326 e. The summed E-state index contributed by atoms with van der Waals surface area (Å²) in [4.78, 5) is 14.2. The van der Waals surface area contributed by atoms with Gasteiger partial charge in [0.2, 0.25) is 0 Å². The van der Waals surface area contributed by atoms with Gasteiger partial charge in [0, 0.05) is 12.2 Å². The van der Waals surface area contributed by atoms with Crippen molar-refractivity contribution < 1.29 is 9.53 Å². The molecule has 1 N–H and O–H groups in total. The minimum atomic E-state index is -0.126. The summed E-state index contributed by atoms with van der Waals surface area (Å²) in [6.45, 7) is 0.709. The van der Waals surface area contributed by atoms with Crippen LogP contribution >= 0.6 is 0 Å². The topological polar surface area (TPSA) is 41.6 Å². The molecule has 2 aromatic rings. The molecule has 1 aliphatic rings. The Hall–Kier alpha value is -2.49. The van der Waals surface area contributed by atoms with Gasteiger partial charge in [-0.1, -0.05) is 30.3 Å². The predicted octanol–water partition coefficient (Wildman–Crippen LogP) is 3.29. The van der Waals surface area contributed by atoms with E-state index in [2.05, 4.69) is 11.4 Å². The Morgan fingerprint density at radius 1 is 1.15 bits per heavy atom. The Kier molecular flexibility index (Phi) is 3.29. The first kappa shape index (κ1) is 12.5. The van der Waals surface area contributed by atoms with Crippen molar-refractivity contribution in [1.82, 2.24) is 0 Å². The maximum atomic E-state index is 12.4. The lowest BCUT2D eigenvalue weighted by atomic mass is 10.2. The average molecular weight is 268 g/mol. The van der Waals surface area contributed by atoms with Gasteiger partial charge in [-0.2, -0.15) is 0 Å². The third-order valence-corrected chi connectivity index (χ3v) is 3.48. The largest absolute Gasteiger partial charge is 0.495 e. The van der Waals surface area contributed by atoms with Gasteiger partial charge < -0.3 is 10.1 Å². The Bertz CT molecular complexity index is 640. The Balaban J connectivity index is 1.81. The lowest BCUT2D eigenvalue weighted by molar-refractivity contribution is 0.257. The van der Waals surface area contributed by atoms with Gasteiger partial charge >= 0.3 is 6.03 Å². The second-order valence-electron chi connectivity index (χ2n) is 4.66. The van der Waals surface area contributed by atoms with Crippen molar-refractivity contribution in [3.8, 4) is 5.75 Å². The number of nitrogens with zero attached hydrogens (tertiary/aromatic N) is 1. The summed E-state index contributed by atoms with van der Waals surface area (Å²) in [6, 6.07) is 15.3. The molecular weight excluding hydrogens is 252 g/mol. The maximum absolute atomic E-state index is 12.4. The summed E-state index contributed by atoms with van der Waals surface area (Å²) >= 11 is 0. The van der Waals surface area contributed by atoms with Gasteiger partial charge in [0.25, 0.3) is 0 Å². The van der Waals surface area contributed by atoms with E-state index in [-0.39, 0.29) is 6.03 Å². The number of hydrogen-bond donors (Lipinski definition) is 1. The van der Waals surface area contributed by atoms with Crippen LogP contribution in [0.2, 0.25) is 0 Å². The summed E-state index contributed by atoms with van der Waals surface area (Å²) in [5, 5.41) is 2.91. The Labute approximate surface area is 118 Å². The summed E-state index contributed by atoms with van der Waals surface area (Å²) in [5.41, 5.74) is 2.88. The van der Waals surface area contributed by atoms with Crippen molar-refractivity contribution in [2.75, 3.05) is 23.9 Å². The quantitative estimate of drug-likeness (QED) is 0.908. The standard InChI is InChI=1S/C16H16N2O2/c1-20-15-9-5-3-7-13(15)17-16(19)18-11-10-12-6-2-4-8-14(12)18/h2-9H,10-11H2,1H3,(H,17,19). The number of fused-ring (bicyclic) bond motifs is 1. The minimum Gasteiger partial charge on any atom is -0.495 e. The van der Waals surface area contributed by atoms with Gasteiger partial charge in [-0.15, -0.1) is 0 Å². The fourth-order valence-corrected chi connectivity index (χ4v) is 2.48. The van der Waals surface area contributed by atoms with Crippen LogP contribution in [0.4, 0.5) is 16.2 Å². The van der Waals surface area contributed by atoms with Gasteiger partial charge in [0.1, 0.15) is 5.75 Å². The average Bonchev–Trinajstić information content (AvgIpc) is 2.92. The van der Waals surface area contributed by atoms with E-state index in [1.165, 1.54) is 5.56 Å². The molecule has 0 saturated heterocycles. The number of urea groups is 1. The number of para-hydroxylation sites is 3. The summed E-state index contributed by atoms with van der Waals surface area (Å²) in [5.74, 6) is 0.660. The van der Waals surface area contributed by atoms with Crippen molar-refractivity contribution in [2.24, 2.45) is 0 Å². The highest BCUT2D eigenvalue weighted by Gasteiger charge is 2.24. The lowest BCUT2D eigenvalue weighted by Crippen LogP contribution is -2.33. The molecule has 0 aliphatic carbocycles. The normalized spacial score (nSPS) is 12.9. The number of methoxy groups -OCH3 is 1. The second-order valence-corrected chi connectivity index (χ2v) is 4.66. The van der Waals surface area contributed by atoms with Gasteiger partial charge in [0.05, 0.1) is 12.8 Å². The molecule has 0 spiro atoms. The molecule has 0 radical (unpaired) electrons. The Morgan fingerprint density at radius 2 is 1.90 bits per heavy atom. The molecule has 3 rings (SSSR count). The van der Waals surface area contributed by atoms with E-state index in [9.17, 15) is 4.79 Å². The van der Waals surface area contributed by atoms with Crippen molar-refractivity contribution in [2.45, 2.75) is 6.42 Å². The van der Waals surface area contributed by atoms with Gasteiger partial charge in [-0.05, 0) is 30.2 Å². The van der Waals surface area contributed by atoms with E-state index in [0.29, 0.717) is 18.0 Å². The fraction of sp³-hybridized carbons (Fsp3) is 0.188. The van der Waals surface area contributed by atoms with E-state index in [1.54, 1.807) is 12.0 Å². The minimum absolute atomic E-state index is 0.126. The van der Waals surface area contributed by atoms with Crippen molar-refractivity contribution in [3.63, 3.8) is 0 Å². The van der Waals surface area contributed by atoms with Crippen LogP contribution in [-0.4, -0.2) is 19.7 Å². The third kappa shape index (κ3) is 2.20. The van der Waals surface area contributed by atoms with Crippen LogP contribution in [0.15, 0.2) is 48.5 Å². The highest BCUT2D eigenvalue weighted by molar-refractivity contribution is 6.03. The molecule has 0 unspecified atom stereocenters. The van der Waals surface area contributed by atoms with Crippen LogP contribution < -0.4 is 15.0 Å². The lowest BCUT2D eigenvalue weighted by Gasteiger charge is -2.19. The summed E-state index contributed by atoms with van der Waals surface area (Å²) < 4.78 is 5.25. The van der Waals surface area contributed by atoms with Crippen LogP contribution in [0.1, 0.15) is 5.56 Å². The van der Waals surface area contributed by atoms with Crippen molar-refractivity contribution in [1.29, 1.82) is 0 Å². The molecule has 0 atom stereocenters. The van der Waals surface area contributed by atoms with E-state index in [1.807, 2.05) is 42.5 Å². The van der Waals surface area contributed by atoms with Crippen LogP contribution in [0, 0.1) is 0 Å². The highest BCUT2D eigenvalue weighted by Crippen LogP contribution is 2.29. The number of rotatable bonds is 2. The molecule has 2 amide bonds. The maximum Gasteiger partial charge on any atom is 0.326 e. The second kappa shape index (κ2) is 5.25. The van der Waals surface area contributed by atoms with Crippen LogP contribution in [0.5, 0.6) is 5.75 Å². The zero-order chi connectivity index (χ0) is 13.9. The number of nitrogens with one attached hydrogen (secondary N) is 1. The van der Waals surface area contributed by atoms with Gasteiger partial charge in [-0.25, -0.2) is 4.79 Å². The molecule has 4 heteroatoms. The number of ether oxygens (including phenoxy) is 1. The van der Waals surface area contributed by atoms with Crippen molar-refractivity contribution in [3.05, 3.63) is 54.1 Å². The summed E-state index contributed by atoms with van der Waals surface area (Å²) in [7, 11) is 1.59. The summed E-state index contributed by atoms with van der Waals surface area (Å²) in [6.07, 6.45) is 0.898. The first-order chi connectivity index (χ1) is 9.79. The molecule has 2 aromatic carbocycles. The first-order valence-corrected chi connectivity index (χ1v) is 6.59. The number of benzene rings is 2. The number of hydrogen-bond acceptors (Lipinski definition) is 2. The SMILES string of the molecule is COc1ccccc1NC(=O)N1CCc2ccccc21. The van der Waals surface area contributed by atoms with Crippen molar-refractivity contribution >= 4 is 17.4 Å². The molecule has 0 aromatic heterocycles. The number of amides is 2. The molecule has 0 saturated carbocycles.